The predicted octanol–water partition coefficient (Wildman–Crippen LogP) is 0.346. The quantitative estimate of drug-likeness (QED) is 0.646. The molecule has 1 unspecified atom stereocenters. The Labute approximate surface area is 104 Å². The van der Waals surface area contributed by atoms with Gasteiger partial charge in [0.2, 0.25) is 11.8 Å². The van der Waals surface area contributed by atoms with Gasteiger partial charge in [-0.1, -0.05) is 6.92 Å². The van der Waals surface area contributed by atoms with E-state index in [0.29, 0.717) is 39.0 Å². The fraction of sp³-hybridized carbons (Fsp3) is 0.833. The Bertz CT molecular complexity index is 240. The topological polar surface area (TPSA) is 75.4 Å². The molecule has 100 valence electrons. The van der Waals surface area contributed by atoms with Gasteiger partial charge in [-0.2, -0.15) is 0 Å². The van der Waals surface area contributed by atoms with Crippen LogP contribution in [0.3, 0.4) is 0 Å². The van der Waals surface area contributed by atoms with Gasteiger partial charge >= 0.3 is 0 Å². The van der Waals surface area contributed by atoms with Crippen molar-refractivity contribution in [1.29, 1.82) is 0 Å². The fourth-order valence-corrected chi connectivity index (χ4v) is 1.58. The second-order valence-electron chi connectivity index (χ2n) is 4.09. The van der Waals surface area contributed by atoms with Gasteiger partial charge in [-0.15, -0.1) is 0 Å². The lowest BCUT2D eigenvalue weighted by Gasteiger charge is -2.19. The summed E-state index contributed by atoms with van der Waals surface area (Å²) in [6.07, 6.45) is 1.04. The maximum absolute atomic E-state index is 11.6. The summed E-state index contributed by atoms with van der Waals surface area (Å²) >= 11 is 0. The number of carbonyl (C=O) groups is 2. The highest BCUT2D eigenvalue weighted by molar-refractivity contribution is 5.80. The van der Waals surface area contributed by atoms with Crippen LogP contribution in [0.4, 0.5) is 0 Å². The van der Waals surface area contributed by atoms with Crippen molar-refractivity contribution >= 4 is 11.8 Å². The van der Waals surface area contributed by atoms with E-state index in [1.165, 1.54) is 0 Å². The van der Waals surface area contributed by atoms with Crippen LogP contribution in [-0.2, 0) is 9.59 Å². The molecule has 0 aromatic heterocycles. The number of nitrogens with zero attached hydrogens (tertiary/aromatic N) is 1. The number of nitrogens with one attached hydrogen (secondary N) is 1. The molecule has 3 N–H and O–H groups in total. The summed E-state index contributed by atoms with van der Waals surface area (Å²) in [6.45, 7) is 8.08. The van der Waals surface area contributed by atoms with E-state index in [4.69, 9.17) is 5.73 Å². The van der Waals surface area contributed by atoms with Crippen LogP contribution in [0.1, 0.15) is 33.6 Å². The highest BCUT2D eigenvalue weighted by Gasteiger charge is 2.13. The minimum Gasteiger partial charge on any atom is -0.355 e. The molecule has 0 radical (unpaired) electrons. The van der Waals surface area contributed by atoms with E-state index < -0.39 is 0 Å². The third-order valence-corrected chi connectivity index (χ3v) is 2.80. The summed E-state index contributed by atoms with van der Waals surface area (Å²) in [5.74, 6) is -0.0202. The standard InChI is InChI=1S/C12H25N3O2/c1-4-15(5-2)11(16)7-9-14-12(17)10(3)6-8-13/h10H,4-9,13H2,1-3H3,(H,14,17). The first kappa shape index (κ1) is 15.9. The van der Waals surface area contributed by atoms with Crippen molar-refractivity contribution < 1.29 is 9.59 Å². The first-order valence-corrected chi connectivity index (χ1v) is 6.32. The molecule has 5 nitrogen and oxygen atoms in total. The van der Waals surface area contributed by atoms with Gasteiger partial charge in [0.05, 0.1) is 0 Å². The smallest absolute Gasteiger partial charge is 0.224 e. The minimum atomic E-state index is -0.0800. The number of hydrogen-bond acceptors (Lipinski definition) is 3. The van der Waals surface area contributed by atoms with Crippen molar-refractivity contribution in [2.75, 3.05) is 26.2 Å². The van der Waals surface area contributed by atoms with Crippen LogP contribution in [0.15, 0.2) is 0 Å². The number of carbonyl (C=O) groups excluding carboxylic acids is 2. The normalized spacial score (nSPS) is 12.0. The zero-order valence-corrected chi connectivity index (χ0v) is 11.2. The number of hydrogen-bond donors (Lipinski definition) is 2. The first-order chi connectivity index (χ1) is 8.06. The molecule has 0 aromatic rings. The third-order valence-electron chi connectivity index (χ3n) is 2.80. The third kappa shape index (κ3) is 6.26. The Balaban J connectivity index is 3.83. The van der Waals surface area contributed by atoms with Crippen molar-refractivity contribution in [3.05, 3.63) is 0 Å². The van der Waals surface area contributed by atoms with Crippen molar-refractivity contribution in [1.82, 2.24) is 10.2 Å². The van der Waals surface area contributed by atoms with Crippen LogP contribution < -0.4 is 11.1 Å². The molecule has 1 atom stereocenters. The second-order valence-corrected chi connectivity index (χ2v) is 4.09. The van der Waals surface area contributed by atoms with Crippen molar-refractivity contribution in [3.8, 4) is 0 Å². The van der Waals surface area contributed by atoms with E-state index >= 15 is 0 Å². The molecule has 0 fully saturated rings. The lowest BCUT2D eigenvalue weighted by molar-refractivity contribution is -0.131. The molecule has 0 aliphatic rings. The average Bonchev–Trinajstić information content (AvgIpc) is 2.30. The highest BCUT2D eigenvalue weighted by Crippen LogP contribution is 1.99. The molecule has 0 saturated heterocycles. The molecule has 0 aliphatic heterocycles. The molecule has 0 heterocycles. The maximum atomic E-state index is 11.6. The number of amides is 2. The molecule has 0 aliphatic carbocycles. The summed E-state index contributed by atoms with van der Waals surface area (Å²) in [7, 11) is 0. The van der Waals surface area contributed by atoms with Gasteiger partial charge in [0.15, 0.2) is 0 Å². The largest absolute Gasteiger partial charge is 0.355 e. The molecular weight excluding hydrogens is 218 g/mol. The fourth-order valence-electron chi connectivity index (χ4n) is 1.58. The van der Waals surface area contributed by atoms with Gasteiger partial charge in [0.25, 0.3) is 0 Å². The average molecular weight is 243 g/mol. The molecule has 5 heteroatoms. The summed E-state index contributed by atoms with van der Waals surface area (Å²) in [4.78, 5) is 24.9. The Morgan fingerprint density at radius 3 is 2.35 bits per heavy atom. The monoisotopic (exact) mass is 243 g/mol. The number of nitrogens with two attached hydrogens (primary N) is 1. The van der Waals surface area contributed by atoms with E-state index in [2.05, 4.69) is 5.32 Å². The Kier molecular flexibility index (Phi) is 8.40. The van der Waals surface area contributed by atoms with Crippen molar-refractivity contribution in [2.24, 2.45) is 11.7 Å². The molecular formula is C12H25N3O2. The van der Waals surface area contributed by atoms with Gasteiger partial charge in [-0.05, 0) is 26.8 Å². The van der Waals surface area contributed by atoms with Gasteiger partial charge in [-0.3, -0.25) is 9.59 Å². The Morgan fingerprint density at radius 2 is 1.88 bits per heavy atom. The maximum Gasteiger partial charge on any atom is 0.224 e. The van der Waals surface area contributed by atoms with Crippen LogP contribution >= 0.6 is 0 Å². The van der Waals surface area contributed by atoms with Crippen LogP contribution in [0, 0.1) is 5.92 Å². The molecule has 0 spiro atoms. The lowest BCUT2D eigenvalue weighted by atomic mass is 10.1. The van der Waals surface area contributed by atoms with E-state index in [0.717, 1.165) is 0 Å². The van der Waals surface area contributed by atoms with Crippen LogP contribution in [-0.4, -0.2) is 42.9 Å². The van der Waals surface area contributed by atoms with Gasteiger partial charge in [0, 0.05) is 32.0 Å². The second kappa shape index (κ2) is 8.98. The Hall–Kier alpha value is -1.10. The summed E-state index contributed by atoms with van der Waals surface area (Å²) in [5, 5.41) is 2.76. The number of rotatable bonds is 8. The zero-order valence-electron chi connectivity index (χ0n) is 11.2. The van der Waals surface area contributed by atoms with E-state index in [-0.39, 0.29) is 17.7 Å². The van der Waals surface area contributed by atoms with Crippen molar-refractivity contribution in [3.63, 3.8) is 0 Å². The zero-order chi connectivity index (χ0) is 13.3. The van der Waals surface area contributed by atoms with Crippen LogP contribution in [0.5, 0.6) is 0 Å². The van der Waals surface area contributed by atoms with Gasteiger partial charge in [-0.25, -0.2) is 0 Å². The molecule has 0 rings (SSSR count). The molecule has 0 aromatic carbocycles. The lowest BCUT2D eigenvalue weighted by Crippen LogP contribution is -2.36. The molecule has 17 heavy (non-hydrogen) atoms. The first-order valence-electron chi connectivity index (χ1n) is 6.32. The van der Waals surface area contributed by atoms with Crippen LogP contribution in [0.2, 0.25) is 0 Å². The summed E-state index contributed by atoms with van der Waals surface area (Å²) in [6, 6.07) is 0. The minimum absolute atomic E-state index is 0.0252. The molecule has 0 saturated carbocycles. The predicted molar refractivity (Wildman–Crippen MR) is 68.4 cm³/mol. The van der Waals surface area contributed by atoms with E-state index in [1.54, 1.807) is 4.90 Å². The van der Waals surface area contributed by atoms with Gasteiger partial charge < -0.3 is 16.0 Å². The summed E-state index contributed by atoms with van der Waals surface area (Å²) < 4.78 is 0. The van der Waals surface area contributed by atoms with Crippen molar-refractivity contribution in [2.45, 2.75) is 33.6 Å². The summed E-state index contributed by atoms with van der Waals surface area (Å²) in [5.41, 5.74) is 5.38. The van der Waals surface area contributed by atoms with Crippen LogP contribution in [0.25, 0.3) is 0 Å². The van der Waals surface area contributed by atoms with E-state index in [1.807, 2.05) is 20.8 Å². The van der Waals surface area contributed by atoms with Gasteiger partial charge in [0.1, 0.15) is 0 Å². The molecule has 0 bridgehead atoms. The SMILES string of the molecule is CCN(CC)C(=O)CCNC(=O)C(C)CCN. The highest BCUT2D eigenvalue weighted by atomic mass is 16.2. The van der Waals surface area contributed by atoms with E-state index in [9.17, 15) is 9.59 Å². The Morgan fingerprint density at radius 1 is 1.29 bits per heavy atom. The molecule has 2 amide bonds.